The Labute approximate surface area is 97.4 Å². The van der Waals surface area contributed by atoms with E-state index >= 15 is 0 Å². The minimum atomic E-state index is -0.343. The van der Waals surface area contributed by atoms with Crippen molar-refractivity contribution in [3.05, 3.63) is 23.3 Å². The maximum atomic E-state index is 11.6. The summed E-state index contributed by atoms with van der Waals surface area (Å²) in [7, 11) is 0. The van der Waals surface area contributed by atoms with Crippen LogP contribution in [0, 0.1) is 5.92 Å². The third-order valence-electron chi connectivity index (χ3n) is 3.79. The van der Waals surface area contributed by atoms with Crippen molar-refractivity contribution in [1.29, 1.82) is 0 Å². The predicted octanol–water partition coefficient (Wildman–Crippen LogP) is 3.38. The fourth-order valence-corrected chi connectivity index (χ4v) is 3.10. The molecule has 88 valence electrons. The Balaban J connectivity index is 2.39. The first-order valence-corrected chi connectivity index (χ1v) is 6.02. The lowest BCUT2D eigenvalue weighted by molar-refractivity contribution is -0.145. The summed E-state index contributed by atoms with van der Waals surface area (Å²) in [6, 6.07) is 0. The maximum absolute atomic E-state index is 11.6. The van der Waals surface area contributed by atoms with Crippen LogP contribution >= 0.6 is 0 Å². The Hall–Kier alpha value is -1.05. The summed E-state index contributed by atoms with van der Waals surface area (Å²) in [6.07, 6.45) is 3.91. The molecule has 0 aromatic heterocycles. The monoisotopic (exact) mass is 220 g/mol. The number of hydrogen-bond acceptors (Lipinski definition) is 2. The summed E-state index contributed by atoms with van der Waals surface area (Å²) in [5.41, 5.74) is 2.92. The lowest BCUT2D eigenvalue weighted by Gasteiger charge is -2.38. The molecule has 0 amide bonds. The van der Waals surface area contributed by atoms with E-state index in [1.165, 1.54) is 17.6 Å². The molecule has 1 aliphatic carbocycles. The van der Waals surface area contributed by atoms with Gasteiger partial charge in [0.2, 0.25) is 0 Å². The standard InChI is InChI=1S/C14H20O2/c1-9(2)12-6-5-10(3)7-14(12)8-11(4)13(15)16-14/h10H,4-8H2,1-3H3/t10-,14-/m1/s1. The lowest BCUT2D eigenvalue weighted by Crippen LogP contribution is -2.37. The highest BCUT2D eigenvalue weighted by molar-refractivity contribution is 5.91. The molecule has 0 aromatic carbocycles. The Kier molecular flexibility index (Phi) is 2.69. The van der Waals surface area contributed by atoms with Gasteiger partial charge in [-0.15, -0.1) is 0 Å². The van der Waals surface area contributed by atoms with E-state index in [-0.39, 0.29) is 11.6 Å². The van der Waals surface area contributed by atoms with Crippen LogP contribution in [0.4, 0.5) is 0 Å². The van der Waals surface area contributed by atoms with Gasteiger partial charge in [0.05, 0.1) is 0 Å². The second-order valence-electron chi connectivity index (χ2n) is 5.49. The normalized spacial score (nSPS) is 34.4. The molecule has 1 saturated heterocycles. The molecule has 1 aliphatic heterocycles. The summed E-state index contributed by atoms with van der Waals surface area (Å²) in [5, 5.41) is 0. The molecule has 1 heterocycles. The SMILES string of the molecule is C=C1C[C@@]2(C[C@H](C)CCC2=C(C)C)OC1=O. The van der Waals surface area contributed by atoms with Crippen molar-refractivity contribution in [2.75, 3.05) is 0 Å². The number of ether oxygens (including phenoxy) is 1. The maximum Gasteiger partial charge on any atom is 0.334 e. The Morgan fingerprint density at radius 2 is 2.19 bits per heavy atom. The van der Waals surface area contributed by atoms with Crippen LogP contribution in [0.5, 0.6) is 0 Å². The number of esters is 1. The number of carbonyl (C=O) groups excluding carboxylic acids is 1. The minimum Gasteiger partial charge on any atom is -0.451 e. The van der Waals surface area contributed by atoms with Gasteiger partial charge in [-0.25, -0.2) is 4.79 Å². The van der Waals surface area contributed by atoms with E-state index in [0.29, 0.717) is 17.9 Å². The molecule has 1 spiro atoms. The van der Waals surface area contributed by atoms with E-state index in [4.69, 9.17) is 4.74 Å². The van der Waals surface area contributed by atoms with Crippen LogP contribution in [0.2, 0.25) is 0 Å². The van der Waals surface area contributed by atoms with Crippen LogP contribution < -0.4 is 0 Å². The van der Waals surface area contributed by atoms with Crippen molar-refractivity contribution in [2.24, 2.45) is 5.92 Å². The van der Waals surface area contributed by atoms with Gasteiger partial charge in [-0.05, 0) is 44.6 Å². The first kappa shape index (κ1) is 11.4. The number of hydrogen-bond donors (Lipinski definition) is 0. The van der Waals surface area contributed by atoms with Gasteiger partial charge in [0.25, 0.3) is 0 Å². The van der Waals surface area contributed by atoms with Crippen LogP contribution in [0.1, 0.15) is 46.5 Å². The molecular weight excluding hydrogens is 200 g/mol. The summed E-state index contributed by atoms with van der Waals surface area (Å²) in [6.45, 7) is 10.3. The van der Waals surface area contributed by atoms with Crippen molar-refractivity contribution in [3.63, 3.8) is 0 Å². The number of allylic oxidation sites excluding steroid dienone is 1. The van der Waals surface area contributed by atoms with Crippen molar-refractivity contribution < 1.29 is 9.53 Å². The molecule has 2 rings (SSSR count). The van der Waals surface area contributed by atoms with Gasteiger partial charge < -0.3 is 4.74 Å². The Bertz CT molecular complexity index is 356. The summed E-state index contributed by atoms with van der Waals surface area (Å²) in [5.74, 6) is 0.426. The van der Waals surface area contributed by atoms with Crippen molar-refractivity contribution in [2.45, 2.75) is 52.1 Å². The van der Waals surface area contributed by atoms with Gasteiger partial charge in [0, 0.05) is 12.0 Å². The second kappa shape index (κ2) is 3.76. The first-order chi connectivity index (χ1) is 7.44. The quantitative estimate of drug-likeness (QED) is 0.355. The Morgan fingerprint density at radius 3 is 2.69 bits per heavy atom. The zero-order valence-electron chi connectivity index (χ0n) is 10.4. The highest BCUT2D eigenvalue weighted by Crippen LogP contribution is 2.48. The molecule has 1 saturated carbocycles. The van der Waals surface area contributed by atoms with Crippen molar-refractivity contribution >= 4 is 5.97 Å². The highest BCUT2D eigenvalue weighted by atomic mass is 16.6. The topological polar surface area (TPSA) is 26.3 Å². The second-order valence-corrected chi connectivity index (χ2v) is 5.49. The van der Waals surface area contributed by atoms with Crippen LogP contribution in [0.25, 0.3) is 0 Å². The van der Waals surface area contributed by atoms with Gasteiger partial charge >= 0.3 is 5.97 Å². The molecule has 0 radical (unpaired) electrons. The van der Waals surface area contributed by atoms with E-state index in [0.717, 1.165) is 12.8 Å². The molecule has 2 nitrogen and oxygen atoms in total. The number of carbonyl (C=O) groups is 1. The average Bonchev–Trinajstić information content (AvgIpc) is 2.41. The van der Waals surface area contributed by atoms with Crippen LogP contribution in [-0.2, 0) is 9.53 Å². The lowest BCUT2D eigenvalue weighted by atomic mass is 9.72. The van der Waals surface area contributed by atoms with Gasteiger partial charge in [-0.2, -0.15) is 0 Å². The largest absolute Gasteiger partial charge is 0.451 e. The molecule has 2 heteroatoms. The molecule has 0 N–H and O–H groups in total. The third kappa shape index (κ3) is 1.70. The molecule has 0 unspecified atom stereocenters. The smallest absolute Gasteiger partial charge is 0.334 e. The fraction of sp³-hybridized carbons (Fsp3) is 0.643. The molecule has 0 bridgehead atoms. The highest BCUT2D eigenvalue weighted by Gasteiger charge is 2.48. The minimum absolute atomic E-state index is 0.201. The van der Waals surface area contributed by atoms with Gasteiger partial charge in [0.15, 0.2) is 0 Å². The predicted molar refractivity (Wildman–Crippen MR) is 64.0 cm³/mol. The molecule has 2 atom stereocenters. The van der Waals surface area contributed by atoms with Gasteiger partial charge in [0.1, 0.15) is 5.60 Å². The van der Waals surface area contributed by atoms with E-state index in [9.17, 15) is 4.79 Å². The number of rotatable bonds is 0. The molecular formula is C14H20O2. The average molecular weight is 220 g/mol. The fourth-order valence-electron chi connectivity index (χ4n) is 3.10. The summed E-state index contributed by atoms with van der Waals surface area (Å²) in [4.78, 5) is 11.6. The Morgan fingerprint density at radius 1 is 1.50 bits per heavy atom. The third-order valence-corrected chi connectivity index (χ3v) is 3.79. The van der Waals surface area contributed by atoms with Crippen LogP contribution in [0.3, 0.4) is 0 Å². The summed E-state index contributed by atoms with van der Waals surface area (Å²) < 4.78 is 5.65. The zero-order chi connectivity index (χ0) is 11.9. The van der Waals surface area contributed by atoms with Crippen molar-refractivity contribution in [3.8, 4) is 0 Å². The van der Waals surface area contributed by atoms with Gasteiger partial charge in [-0.1, -0.05) is 19.1 Å². The van der Waals surface area contributed by atoms with Gasteiger partial charge in [-0.3, -0.25) is 0 Å². The molecule has 16 heavy (non-hydrogen) atoms. The zero-order valence-corrected chi connectivity index (χ0v) is 10.4. The first-order valence-electron chi connectivity index (χ1n) is 6.02. The van der Waals surface area contributed by atoms with E-state index < -0.39 is 0 Å². The summed E-state index contributed by atoms with van der Waals surface area (Å²) >= 11 is 0. The van der Waals surface area contributed by atoms with E-state index in [2.05, 4.69) is 27.4 Å². The molecule has 2 aliphatic rings. The van der Waals surface area contributed by atoms with E-state index in [1.807, 2.05) is 0 Å². The molecule has 0 aromatic rings. The van der Waals surface area contributed by atoms with Crippen molar-refractivity contribution in [1.82, 2.24) is 0 Å². The van der Waals surface area contributed by atoms with E-state index in [1.54, 1.807) is 0 Å². The van der Waals surface area contributed by atoms with Crippen LogP contribution in [-0.4, -0.2) is 11.6 Å². The van der Waals surface area contributed by atoms with Crippen LogP contribution in [0.15, 0.2) is 23.3 Å². The molecule has 2 fully saturated rings.